The maximum absolute atomic E-state index is 12.7. The number of anilines is 1. The third-order valence-corrected chi connectivity index (χ3v) is 6.99. The Morgan fingerprint density at radius 1 is 1.07 bits per heavy atom. The van der Waals surface area contributed by atoms with Crippen molar-refractivity contribution in [2.24, 2.45) is 0 Å². The molecule has 0 bridgehead atoms. The van der Waals surface area contributed by atoms with Crippen LogP contribution in [-0.2, 0) is 20.6 Å². The molecule has 1 atom stereocenters. The molecular formula is C20H24N4O5S. The summed E-state index contributed by atoms with van der Waals surface area (Å²) in [5, 5.41) is 13.7. The highest BCUT2D eigenvalue weighted by Gasteiger charge is 2.31. The zero-order chi connectivity index (χ0) is 21.7. The molecule has 0 saturated carbocycles. The van der Waals surface area contributed by atoms with Crippen LogP contribution in [0.25, 0.3) is 0 Å². The molecule has 1 aliphatic heterocycles. The van der Waals surface area contributed by atoms with Crippen molar-refractivity contribution < 1.29 is 18.1 Å². The predicted molar refractivity (Wildman–Crippen MR) is 113 cm³/mol. The van der Waals surface area contributed by atoms with Gasteiger partial charge in [-0.15, -0.1) is 0 Å². The molecule has 0 aromatic heterocycles. The van der Waals surface area contributed by atoms with Crippen LogP contribution in [0.3, 0.4) is 0 Å². The summed E-state index contributed by atoms with van der Waals surface area (Å²) in [4.78, 5) is 25.0. The third kappa shape index (κ3) is 5.21. The highest BCUT2D eigenvalue weighted by molar-refractivity contribution is 7.88. The van der Waals surface area contributed by atoms with E-state index in [1.54, 1.807) is 37.3 Å². The number of piperazine rings is 1. The van der Waals surface area contributed by atoms with E-state index in [0.29, 0.717) is 13.1 Å². The lowest BCUT2D eigenvalue weighted by atomic mass is 10.2. The summed E-state index contributed by atoms with van der Waals surface area (Å²) in [6.07, 6.45) is 0. The SMILES string of the molecule is C[C@@H](C(=O)Nc1ccccc1[N+](=O)[O-])N1CCN(S(=O)(=O)Cc2ccccc2)CC1. The van der Waals surface area contributed by atoms with Crippen molar-refractivity contribution in [1.82, 2.24) is 9.21 Å². The van der Waals surface area contributed by atoms with Crippen molar-refractivity contribution in [1.29, 1.82) is 0 Å². The van der Waals surface area contributed by atoms with Gasteiger partial charge in [-0.1, -0.05) is 42.5 Å². The molecule has 0 unspecified atom stereocenters. The van der Waals surface area contributed by atoms with E-state index in [1.807, 2.05) is 11.0 Å². The number of hydrogen-bond donors (Lipinski definition) is 1. The Kier molecular flexibility index (Phi) is 6.80. The Labute approximate surface area is 175 Å². The van der Waals surface area contributed by atoms with E-state index in [1.165, 1.54) is 22.5 Å². The number of nitro benzene ring substituents is 1. The largest absolute Gasteiger partial charge is 0.319 e. The number of carbonyl (C=O) groups excluding carboxylic acids is 1. The summed E-state index contributed by atoms with van der Waals surface area (Å²) in [5.74, 6) is -0.424. The molecule has 2 aromatic rings. The number of sulfonamides is 1. The van der Waals surface area contributed by atoms with Crippen LogP contribution in [0.2, 0.25) is 0 Å². The smallest absolute Gasteiger partial charge is 0.292 e. The molecular weight excluding hydrogens is 408 g/mol. The highest BCUT2D eigenvalue weighted by Crippen LogP contribution is 2.24. The first-order chi connectivity index (χ1) is 14.3. The fourth-order valence-electron chi connectivity index (χ4n) is 3.39. The normalized spacial score (nSPS) is 16.7. The predicted octanol–water partition coefficient (Wildman–Crippen LogP) is 2.07. The molecule has 1 saturated heterocycles. The second-order valence-corrected chi connectivity index (χ2v) is 9.09. The average molecular weight is 433 g/mol. The van der Waals surface area contributed by atoms with E-state index in [0.717, 1.165) is 5.56 Å². The molecule has 1 amide bonds. The molecule has 160 valence electrons. The van der Waals surface area contributed by atoms with E-state index < -0.39 is 21.0 Å². The van der Waals surface area contributed by atoms with Crippen molar-refractivity contribution >= 4 is 27.3 Å². The van der Waals surface area contributed by atoms with Crippen LogP contribution in [0.1, 0.15) is 12.5 Å². The standard InChI is InChI=1S/C20H24N4O5S/c1-16(20(25)21-18-9-5-6-10-19(18)24(26)27)22-11-13-23(14-12-22)30(28,29)15-17-7-3-2-4-8-17/h2-10,16H,11-15H2,1H3,(H,21,25)/t16-/m0/s1. The molecule has 1 N–H and O–H groups in total. The molecule has 1 fully saturated rings. The van der Waals surface area contributed by atoms with Crippen molar-refractivity contribution in [3.63, 3.8) is 0 Å². The van der Waals surface area contributed by atoms with Crippen molar-refractivity contribution in [2.75, 3.05) is 31.5 Å². The van der Waals surface area contributed by atoms with Gasteiger partial charge in [-0.05, 0) is 18.6 Å². The van der Waals surface area contributed by atoms with E-state index >= 15 is 0 Å². The van der Waals surface area contributed by atoms with Gasteiger partial charge in [0.1, 0.15) is 5.69 Å². The number of nitrogens with zero attached hydrogens (tertiary/aromatic N) is 3. The van der Waals surface area contributed by atoms with Gasteiger partial charge in [-0.25, -0.2) is 8.42 Å². The van der Waals surface area contributed by atoms with Crippen molar-refractivity contribution in [2.45, 2.75) is 18.7 Å². The summed E-state index contributed by atoms with van der Waals surface area (Å²) in [6.45, 7) is 3.09. The van der Waals surface area contributed by atoms with Gasteiger partial charge < -0.3 is 5.32 Å². The fraction of sp³-hybridized carbons (Fsp3) is 0.350. The Balaban J connectivity index is 1.58. The van der Waals surface area contributed by atoms with Gasteiger partial charge in [0.25, 0.3) is 5.69 Å². The first-order valence-corrected chi connectivity index (χ1v) is 11.2. The minimum absolute atomic E-state index is 0.0540. The minimum atomic E-state index is -3.44. The van der Waals surface area contributed by atoms with Gasteiger partial charge in [-0.3, -0.25) is 19.8 Å². The number of benzene rings is 2. The fourth-order valence-corrected chi connectivity index (χ4v) is 4.90. The molecule has 2 aromatic carbocycles. The average Bonchev–Trinajstić information content (AvgIpc) is 2.74. The first kappa shape index (κ1) is 21.9. The van der Waals surface area contributed by atoms with Gasteiger partial charge in [0.05, 0.1) is 16.7 Å². The van der Waals surface area contributed by atoms with Crippen LogP contribution in [-0.4, -0.2) is 60.7 Å². The first-order valence-electron chi connectivity index (χ1n) is 9.58. The zero-order valence-electron chi connectivity index (χ0n) is 16.6. The van der Waals surface area contributed by atoms with Crippen molar-refractivity contribution in [3.8, 4) is 0 Å². The number of hydrogen-bond acceptors (Lipinski definition) is 6. The number of rotatable bonds is 7. The quantitative estimate of drug-likeness (QED) is 0.529. The lowest BCUT2D eigenvalue weighted by Crippen LogP contribution is -2.54. The minimum Gasteiger partial charge on any atom is -0.319 e. The molecule has 1 aliphatic rings. The van der Waals surface area contributed by atoms with E-state index in [-0.39, 0.29) is 36.1 Å². The molecule has 0 aliphatic carbocycles. The molecule has 1 heterocycles. The van der Waals surface area contributed by atoms with E-state index in [4.69, 9.17) is 0 Å². The summed E-state index contributed by atoms with van der Waals surface area (Å²) in [7, 11) is -3.44. The van der Waals surface area contributed by atoms with Gasteiger partial charge in [0.15, 0.2) is 0 Å². The molecule has 10 heteroatoms. The van der Waals surface area contributed by atoms with E-state index in [2.05, 4.69) is 5.32 Å². The summed E-state index contributed by atoms with van der Waals surface area (Å²) < 4.78 is 26.8. The number of para-hydroxylation sites is 2. The van der Waals surface area contributed by atoms with Gasteiger partial charge in [0, 0.05) is 32.2 Å². The Bertz CT molecular complexity index is 1000. The van der Waals surface area contributed by atoms with Crippen LogP contribution >= 0.6 is 0 Å². The summed E-state index contributed by atoms with van der Waals surface area (Å²) >= 11 is 0. The van der Waals surface area contributed by atoms with Crippen LogP contribution in [0.5, 0.6) is 0 Å². The van der Waals surface area contributed by atoms with Crippen LogP contribution in [0.4, 0.5) is 11.4 Å². The summed E-state index contributed by atoms with van der Waals surface area (Å²) in [5.41, 5.74) is 0.704. The molecule has 30 heavy (non-hydrogen) atoms. The zero-order valence-corrected chi connectivity index (χ0v) is 17.4. The van der Waals surface area contributed by atoms with Crippen molar-refractivity contribution in [3.05, 3.63) is 70.3 Å². The van der Waals surface area contributed by atoms with Gasteiger partial charge in [-0.2, -0.15) is 4.31 Å². The molecule has 3 rings (SSSR count). The van der Waals surface area contributed by atoms with Gasteiger partial charge >= 0.3 is 0 Å². The third-order valence-electron chi connectivity index (χ3n) is 5.14. The highest BCUT2D eigenvalue weighted by atomic mass is 32.2. The van der Waals surface area contributed by atoms with Gasteiger partial charge in [0.2, 0.25) is 15.9 Å². The topological polar surface area (TPSA) is 113 Å². The second-order valence-electron chi connectivity index (χ2n) is 7.12. The Hall–Kier alpha value is -2.82. The van der Waals surface area contributed by atoms with Crippen LogP contribution in [0.15, 0.2) is 54.6 Å². The Morgan fingerprint density at radius 3 is 2.30 bits per heavy atom. The maximum Gasteiger partial charge on any atom is 0.292 e. The van der Waals surface area contributed by atoms with E-state index in [9.17, 15) is 23.3 Å². The van der Waals surface area contributed by atoms with Crippen LogP contribution in [0, 0.1) is 10.1 Å². The number of nitro groups is 1. The monoisotopic (exact) mass is 432 g/mol. The maximum atomic E-state index is 12.7. The Morgan fingerprint density at radius 2 is 1.67 bits per heavy atom. The second kappa shape index (κ2) is 9.33. The number of amides is 1. The molecule has 0 radical (unpaired) electrons. The number of carbonyl (C=O) groups is 1. The number of nitrogens with one attached hydrogen (secondary N) is 1. The molecule has 0 spiro atoms. The lowest BCUT2D eigenvalue weighted by molar-refractivity contribution is -0.383. The molecule has 9 nitrogen and oxygen atoms in total. The lowest BCUT2D eigenvalue weighted by Gasteiger charge is -2.36. The summed E-state index contributed by atoms with van der Waals surface area (Å²) in [6, 6.07) is 14.4. The van der Waals surface area contributed by atoms with Crippen LogP contribution < -0.4 is 5.32 Å².